The molecule has 0 unspecified atom stereocenters. The van der Waals surface area contributed by atoms with Gasteiger partial charge in [-0.3, -0.25) is 4.79 Å². The molecule has 0 saturated carbocycles. The van der Waals surface area contributed by atoms with Gasteiger partial charge in [0, 0.05) is 19.6 Å². The fraction of sp³-hybridized carbons (Fsp3) is 0.500. The Morgan fingerprint density at radius 2 is 2.10 bits per heavy atom. The van der Waals surface area contributed by atoms with Gasteiger partial charge < -0.3 is 16.0 Å². The van der Waals surface area contributed by atoms with Gasteiger partial charge in [0.25, 0.3) is 0 Å². The van der Waals surface area contributed by atoms with Crippen LogP contribution in [-0.4, -0.2) is 31.7 Å². The van der Waals surface area contributed by atoms with E-state index in [1.54, 1.807) is 6.07 Å². The summed E-state index contributed by atoms with van der Waals surface area (Å²) in [6.07, 6.45) is -3.17. The van der Waals surface area contributed by atoms with Crippen molar-refractivity contribution < 1.29 is 18.0 Å². The largest absolute Gasteiger partial charge is 0.471 e. The first-order chi connectivity index (χ1) is 9.88. The molecule has 21 heavy (non-hydrogen) atoms. The van der Waals surface area contributed by atoms with Crippen molar-refractivity contribution in [2.24, 2.45) is 5.92 Å². The summed E-state index contributed by atoms with van der Waals surface area (Å²) in [5, 5.41) is 1.96. The molecule has 1 fully saturated rings. The zero-order valence-corrected chi connectivity index (χ0v) is 11.5. The van der Waals surface area contributed by atoms with Gasteiger partial charge in [-0.1, -0.05) is 12.1 Å². The van der Waals surface area contributed by atoms with E-state index in [0.717, 1.165) is 25.1 Å². The third-order valence-corrected chi connectivity index (χ3v) is 3.61. The third-order valence-electron chi connectivity index (χ3n) is 3.61. The second-order valence-electron chi connectivity index (χ2n) is 5.22. The lowest BCUT2D eigenvalue weighted by Gasteiger charge is -2.35. The smallest absolute Gasteiger partial charge is 0.397 e. The molecule has 2 rings (SSSR count). The van der Waals surface area contributed by atoms with E-state index in [0.29, 0.717) is 12.2 Å². The van der Waals surface area contributed by atoms with Crippen molar-refractivity contribution >= 4 is 17.3 Å². The van der Waals surface area contributed by atoms with Crippen molar-refractivity contribution in [1.82, 2.24) is 5.32 Å². The monoisotopic (exact) mass is 301 g/mol. The standard InChI is InChI=1S/C14H18F3N3O/c15-14(16,17)13(21)19-8-10-4-3-7-20(9-10)12-6-2-1-5-11(12)18/h1-2,5-6,10H,3-4,7-9,18H2,(H,19,21)/t10-/m1/s1. The van der Waals surface area contributed by atoms with E-state index in [-0.39, 0.29) is 12.5 Å². The SMILES string of the molecule is Nc1ccccc1N1CCC[C@H](CNC(=O)C(F)(F)F)C1. The number of benzene rings is 1. The fourth-order valence-electron chi connectivity index (χ4n) is 2.56. The minimum absolute atomic E-state index is 0.00958. The number of piperidine rings is 1. The van der Waals surface area contributed by atoms with Crippen LogP contribution in [0.1, 0.15) is 12.8 Å². The van der Waals surface area contributed by atoms with E-state index in [1.807, 2.05) is 23.5 Å². The second kappa shape index (κ2) is 6.24. The number of nitrogens with two attached hydrogens (primary N) is 1. The van der Waals surface area contributed by atoms with Crippen molar-refractivity contribution in [3.05, 3.63) is 24.3 Å². The molecule has 1 heterocycles. The first kappa shape index (κ1) is 15.5. The molecule has 0 spiro atoms. The summed E-state index contributed by atoms with van der Waals surface area (Å²) < 4.78 is 36.5. The number of halogens is 3. The molecule has 1 amide bonds. The average molecular weight is 301 g/mol. The van der Waals surface area contributed by atoms with E-state index < -0.39 is 12.1 Å². The molecule has 3 N–H and O–H groups in total. The van der Waals surface area contributed by atoms with E-state index in [1.165, 1.54) is 0 Å². The molecule has 0 aliphatic carbocycles. The third kappa shape index (κ3) is 4.03. The topological polar surface area (TPSA) is 58.4 Å². The minimum atomic E-state index is -4.82. The van der Waals surface area contributed by atoms with Crippen molar-refractivity contribution in [2.45, 2.75) is 19.0 Å². The molecule has 7 heteroatoms. The summed E-state index contributed by atoms with van der Waals surface area (Å²) in [4.78, 5) is 12.9. The van der Waals surface area contributed by atoms with Crippen LogP contribution in [0.15, 0.2) is 24.3 Å². The van der Waals surface area contributed by atoms with Crippen LogP contribution in [0, 0.1) is 5.92 Å². The summed E-state index contributed by atoms with van der Waals surface area (Å²) in [6, 6.07) is 7.40. The predicted octanol–water partition coefficient (Wildman–Crippen LogP) is 2.16. The van der Waals surface area contributed by atoms with Crippen LogP contribution in [0.2, 0.25) is 0 Å². The Balaban J connectivity index is 1.93. The molecule has 0 bridgehead atoms. The molecule has 0 aromatic heterocycles. The summed E-state index contributed by atoms with van der Waals surface area (Å²) in [7, 11) is 0. The number of amides is 1. The Morgan fingerprint density at radius 3 is 2.76 bits per heavy atom. The maximum Gasteiger partial charge on any atom is 0.471 e. The summed E-state index contributed by atoms with van der Waals surface area (Å²) in [5.74, 6) is -1.89. The van der Waals surface area contributed by atoms with Crippen molar-refractivity contribution in [3.8, 4) is 0 Å². The number of hydrogen-bond donors (Lipinski definition) is 2. The number of carbonyl (C=O) groups excluding carboxylic acids is 1. The van der Waals surface area contributed by atoms with Crippen LogP contribution in [0.4, 0.5) is 24.5 Å². The average Bonchev–Trinajstić information content (AvgIpc) is 2.44. The number of hydrogen-bond acceptors (Lipinski definition) is 3. The summed E-state index contributed by atoms with van der Waals surface area (Å²) >= 11 is 0. The molecule has 1 aromatic rings. The van der Waals surface area contributed by atoms with Crippen LogP contribution >= 0.6 is 0 Å². The van der Waals surface area contributed by atoms with Gasteiger partial charge >= 0.3 is 12.1 Å². The van der Waals surface area contributed by atoms with E-state index >= 15 is 0 Å². The number of nitrogens with one attached hydrogen (secondary N) is 1. The first-order valence-electron chi connectivity index (χ1n) is 6.82. The lowest BCUT2D eigenvalue weighted by Crippen LogP contribution is -2.44. The van der Waals surface area contributed by atoms with Crippen molar-refractivity contribution in [2.75, 3.05) is 30.3 Å². The Morgan fingerprint density at radius 1 is 1.38 bits per heavy atom. The Kier molecular flexibility index (Phi) is 4.59. The molecule has 1 aliphatic heterocycles. The van der Waals surface area contributed by atoms with Gasteiger partial charge in [-0.2, -0.15) is 13.2 Å². The predicted molar refractivity (Wildman–Crippen MR) is 74.9 cm³/mol. The van der Waals surface area contributed by atoms with Crippen LogP contribution in [0.3, 0.4) is 0 Å². The van der Waals surface area contributed by atoms with Crippen LogP contribution < -0.4 is 16.0 Å². The molecule has 116 valence electrons. The van der Waals surface area contributed by atoms with Crippen molar-refractivity contribution in [1.29, 1.82) is 0 Å². The number of alkyl halides is 3. The van der Waals surface area contributed by atoms with Gasteiger partial charge in [0.05, 0.1) is 11.4 Å². The maximum absolute atomic E-state index is 12.2. The molecule has 0 radical (unpaired) electrons. The molecule has 1 saturated heterocycles. The first-order valence-corrected chi connectivity index (χ1v) is 6.82. The van der Waals surface area contributed by atoms with E-state index in [2.05, 4.69) is 4.90 Å². The molecular formula is C14H18F3N3O. The zero-order chi connectivity index (χ0) is 15.5. The Labute approximate surface area is 121 Å². The highest BCUT2D eigenvalue weighted by molar-refractivity contribution is 5.81. The van der Waals surface area contributed by atoms with Crippen molar-refractivity contribution in [3.63, 3.8) is 0 Å². The molecule has 1 aliphatic rings. The quantitative estimate of drug-likeness (QED) is 0.841. The lowest BCUT2D eigenvalue weighted by molar-refractivity contribution is -0.173. The lowest BCUT2D eigenvalue weighted by atomic mass is 9.97. The molecule has 1 atom stereocenters. The fourth-order valence-corrected chi connectivity index (χ4v) is 2.56. The van der Waals surface area contributed by atoms with Gasteiger partial charge in [0.1, 0.15) is 0 Å². The van der Waals surface area contributed by atoms with Crippen LogP contribution in [0.5, 0.6) is 0 Å². The van der Waals surface area contributed by atoms with E-state index in [4.69, 9.17) is 5.73 Å². The Hall–Kier alpha value is -1.92. The molecule has 1 aromatic carbocycles. The van der Waals surface area contributed by atoms with Gasteiger partial charge in [0.15, 0.2) is 0 Å². The van der Waals surface area contributed by atoms with Gasteiger partial charge in [-0.05, 0) is 30.9 Å². The van der Waals surface area contributed by atoms with Gasteiger partial charge in [0.2, 0.25) is 0 Å². The number of nitrogen functional groups attached to an aromatic ring is 1. The highest BCUT2D eigenvalue weighted by Crippen LogP contribution is 2.27. The minimum Gasteiger partial charge on any atom is -0.397 e. The van der Waals surface area contributed by atoms with Crippen LogP contribution in [-0.2, 0) is 4.79 Å². The summed E-state index contributed by atoms with van der Waals surface area (Å²) in [5.41, 5.74) is 7.46. The van der Waals surface area contributed by atoms with Gasteiger partial charge in [-0.15, -0.1) is 0 Å². The van der Waals surface area contributed by atoms with E-state index in [9.17, 15) is 18.0 Å². The number of carbonyl (C=O) groups is 1. The number of nitrogens with zero attached hydrogens (tertiary/aromatic N) is 1. The Bertz CT molecular complexity index is 504. The normalized spacial score (nSPS) is 19.4. The van der Waals surface area contributed by atoms with Crippen LogP contribution in [0.25, 0.3) is 0 Å². The highest BCUT2D eigenvalue weighted by atomic mass is 19.4. The number of para-hydroxylation sites is 2. The number of anilines is 2. The zero-order valence-electron chi connectivity index (χ0n) is 11.5. The molecular weight excluding hydrogens is 283 g/mol. The number of rotatable bonds is 3. The maximum atomic E-state index is 12.2. The second-order valence-corrected chi connectivity index (χ2v) is 5.22. The summed E-state index contributed by atoms with van der Waals surface area (Å²) in [6.45, 7) is 1.44. The highest BCUT2D eigenvalue weighted by Gasteiger charge is 2.38. The van der Waals surface area contributed by atoms with Gasteiger partial charge in [-0.25, -0.2) is 0 Å². The molecule has 4 nitrogen and oxygen atoms in total.